The fourth-order valence-electron chi connectivity index (χ4n) is 4.93. The molecule has 0 heterocycles. The van der Waals surface area contributed by atoms with Gasteiger partial charge in [0, 0.05) is 0 Å². The monoisotopic (exact) mass is 977 g/mol. The van der Waals surface area contributed by atoms with Gasteiger partial charge in [0.05, 0.1) is 231 Å². The van der Waals surface area contributed by atoms with E-state index < -0.39 is 5.97 Å². The van der Waals surface area contributed by atoms with E-state index in [-0.39, 0.29) is 82.3 Å². The van der Waals surface area contributed by atoms with Crippen LogP contribution in [0.1, 0.15) is 10.4 Å². The van der Waals surface area contributed by atoms with Crippen LogP contribution >= 0.6 is 0 Å². The molecule has 0 saturated heterocycles. The number of esters is 1. The van der Waals surface area contributed by atoms with Crippen molar-refractivity contribution in [3.8, 4) is 17.2 Å². The first-order chi connectivity index (χ1) is 33.2. The van der Waals surface area contributed by atoms with E-state index >= 15 is 0 Å². The van der Waals surface area contributed by atoms with E-state index in [0.717, 1.165) is 0 Å². The second-order valence-corrected chi connectivity index (χ2v) is 13.2. The van der Waals surface area contributed by atoms with Crippen LogP contribution in [0.3, 0.4) is 0 Å². The zero-order chi connectivity index (χ0) is 48.2. The van der Waals surface area contributed by atoms with Gasteiger partial charge in [-0.15, -0.1) is 0 Å². The third kappa shape index (κ3) is 40.9. The molecule has 394 valence electrons. The van der Waals surface area contributed by atoms with E-state index in [0.29, 0.717) is 178 Å². The van der Waals surface area contributed by atoms with Crippen molar-refractivity contribution in [2.24, 2.45) is 0 Å². The summed E-state index contributed by atoms with van der Waals surface area (Å²) in [5.41, 5.74) is 0.193. The van der Waals surface area contributed by atoms with E-state index in [9.17, 15) is 4.79 Å². The van der Waals surface area contributed by atoms with Gasteiger partial charge in [-0.25, -0.2) is 4.79 Å². The Morgan fingerprint density at radius 2 is 0.507 bits per heavy atom. The highest BCUT2D eigenvalue weighted by molar-refractivity contribution is 5.91. The van der Waals surface area contributed by atoms with E-state index in [1.54, 1.807) is 0 Å². The zero-order valence-corrected chi connectivity index (χ0v) is 39.6. The maximum absolute atomic E-state index is 12.7. The molecule has 0 unspecified atom stereocenters. The summed E-state index contributed by atoms with van der Waals surface area (Å²) in [6.07, 6.45) is 0. The normalized spacial score (nSPS) is 11.4. The smallest absolute Gasteiger partial charge is 0.338 e. The first-order valence-electron chi connectivity index (χ1n) is 22.8. The van der Waals surface area contributed by atoms with Crippen LogP contribution in [-0.2, 0) is 75.8 Å². The molecule has 23 heteroatoms. The van der Waals surface area contributed by atoms with Crippen LogP contribution < -0.4 is 14.2 Å². The fourth-order valence-corrected chi connectivity index (χ4v) is 4.93. The van der Waals surface area contributed by atoms with Gasteiger partial charge in [-0.2, -0.15) is 0 Å². The predicted octanol–water partition coefficient (Wildman–Crippen LogP) is -0.164. The van der Waals surface area contributed by atoms with E-state index in [2.05, 4.69) is 0 Å². The highest BCUT2D eigenvalue weighted by Crippen LogP contribution is 2.39. The molecule has 0 amide bonds. The molecule has 0 radical (unpaired) electrons. The van der Waals surface area contributed by atoms with Crippen molar-refractivity contribution in [1.82, 2.24) is 0 Å². The van der Waals surface area contributed by atoms with Crippen LogP contribution in [0, 0.1) is 0 Å². The van der Waals surface area contributed by atoms with Crippen LogP contribution in [0.2, 0.25) is 0 Å². The molecule has 0 aromatic heterocycles. The average molecular weight is 977 g/mol. The summed E-state index contributed by atoms with van der Waals surface area (Å²) < 4.78 is 105. The Morgan fingerprint density at radius 1 is 0.313 bits per heavy atom. The summed E-state index contributed by atoms with van der Waals surface area (Å²) in [7, 11) is 1.28. The number of hydrogen-bond donors (Lipinski definition) is 3. The zero-order valence-electron chi connectivity index (χ0n) is 39.6. The first kappa shape index (κ1) is 62.4. The molecular formula is C44H80O23. The minimum atomic E-state index is -0.591. The molecular weight excluding hydrogens is 896 g/mol. The lowest BCUT2D eigenvalue weighted by Gasteiger charge is -2.18. The van der Waals surface area contributed by atoms with Gasteiger partial charge >= 0.3 is 5.97 Å². The molecule has 0 aliphatic heterocycles. The van der Waals surface area contributed by atoms with E-state index in [4.69, 9.17) is 105 Å². The third-order valence-electron chi connectivity index (χ3n) is 8.06. The maximum Gasteiger partial charge on any atom is 0.338 e. The van der Waals surface area contributed by atoms with E-state index in [1.165, 1.54) is 19.2 Å². The Morgan fingerprint density at radius 3 is 0.716 bits per heavy atom. The Hall–Kier alpha value is -2.63. The van der Waals surface area contributed by atoms with Crippen LogP contribution in [0.15, 0.2) is 12.1 Å². The van der Waals surface area contributed by atoms with Gasteiger partial charge in [0.15, 0.2) is 11.5 Å². The Balaban J connectivity index is 2.51. The molecule has 0 aliphatic rings. The fraction of sp³-hybridized carbons (Fsp3) is 0.841. The molecule has 0 saturated carbocycles. The number of ether oxygens (including phenoxy) is 19. The van der Waals surface area contributed by atoms with Crippen molar-refractivity contribution < 1.29 is 110 Å². The Labute approximate surface area is 395 Å². The van der Waals surface area contributed by atoms with Crippen molar-refractivity contribution in [3.05, 3.63) is 17.7 Å². The number of benzene rings is 1. The van der Waals surface area contributed by atoms with Crippen molar-refractivity contribution in [3.63, 3.8) is 0 Å². The quantitative estimate of drug-likeness (QED) is 0.0566. The SMILES string of the molecule is COC(=O)c1cc(OCCOCCOCCOCCOCCOCCO)c(OCCOCCOCCOCCOCCOCCO)c(OCCOCCOCCOCCOCCOCCO)c1. The van der Waals surface area contributed by atoms with Gasteiger partial charge < -0.3 is 105 Å². The summed E-state index contributed by atoms with van der Waals surface area (Å²) in [4.78, 5) is 12.7. The number of carbonyl (C=O) groups is 1. The molecule has 23 nitrogen and oxygen atoms in total. The van der Waals surface area contributed by atoms with Gasteiger partial charge in [-0.05, 0) is 12.1 Å². The van der Waals surface area contributed by atoms with Crippen LogP contribution in [-0.4, -0.2) is 266 Å². The maximum atomic E-state index is 12.7. The number of rotatable bonds is 55. The molecule has 1 aromatic rings. The van der Waals surface area contributed by atoms with Gasteiger partial charge in [-0.1, -0.05) is 0 Å². The summed E-state index contributed by atoms with van der Waals surface area (Å²) in [6.45, 7) is 11.5. The van der Waals surface area contributed by atoms with Gasteiger partial charge in [-0.3, -0.25) is 0 Å². The lowest BCUT2D eigenvalue weighted by Crippen LogP contribution is -2.16. The topological polar surface area (TPSA) is 253 Å². The highest BCUT2D eigenvalue weighted by Gasteiger charge is 2.20. The van der Waals surface area contributed by atoms with E-state index in [1.807, 2.05) is 0 Å². The van der Waals surface area contributed by atoms with Gasteiger partial charge in [0.1, 0.15) is 19.8 Å². The molecule has 3 N–H and O–H groups in total. The molecule has 0 spiro atoms. The highest BCUT2D eigenvalue weighted by atomic mass is 16.6. The second-order valence-electron chi connectivity index (χ2n) is 13.2. The largest absolute Gasteiger partial charge is 0.487 e. The lowest BCUT2D eigenvalue weighted by molar-refractivity contribution is -0.0154. The number of aliphatic hydroxyl groups is 3. The average Bonchev–Trinajstić information content (AvgIpc) is 3.34. The predicted molar refractivity (Wildman–Crippen MR) is 238 cm³/mol. The summed E-state index contributed by atoms with van der Waals surface area (Å²) in [5.74, 6) is 0.163. The second kappa shape index (κ2) is 51.2. The minimum Gasteiger partial charge on any atom is -0.487 e. The Bertz CT molecular complexity index is 1130. The first-order valence-corrected chi connectivity index (χ1v) is 22.8. The number of hydrogen-bond acceptors (Lipinski definition) is 23. The van der Waals surface area contributed by atoms with Crippen molar-refractivity contribution >= 4 is 5.97 Å². The summed E-state index contributed by atoms with van der Waals surface area (Å²) in [6, 6.07) is 3.04. The Kier molecular flexibility index (Phi) is 47.7. The number of carbonyl (C=O) groups excluding carboxylic acids is 1. The van der Waals surface area contributed by atoms with Crippen molar-refractivity contribution in [2.75, 3.05) is 245 Å². The van der Waals surface area contributed by atoms with Crippen LogP contribution in [0.25, 0.3) is 0 Å². The van der Waals surface area contributed by atoms with Gasteiger partial charge in [0.25, 0.3) is 0 Å². The van der Waals surface area contributed by atoms with Crippen molar-refractivity contribution in [2.45, 2.75) is 0 Å². The molecule has 67 heavy (non-hydrogen) atoms. The lowest BCUT2D eigenvalue weighted by atomic mass is 10.2. The summed E-state index contributed by atoms with van der Waals surface area (Å²) in [5, 5.41) is 26.1. The van der Waals surface area contributed by atoms with Gasteiger partial charge in [0.2, 0.25) is 5.75 Å². The molecule has 0 atom stereocenters. The van der Waals surface area contributed by atoms with Crippen LogP contribution in [0.4, 0.5) is 0 Å². The molecule has 0 bridgehead atoms. The minimum absolute atomic E-state index is 0.0130. The van der Waals surface area contributed by atoms with Crippen molar-refractivity contribution in [1.29, 1.82) is 0 Å². The standard InChI is InChI=1S/C44H80O23/c1-49-44(48)40-38-41(65-35-32-62-29-26-59-23-20-56-17-14-53-11-8-50-5-2-45)43(67-37-34-64-31-28-61-25-22-58-19-16-55-13-10-52-7-4-47)42(39-40)66-36-33-63-30-27-60-24-21-57-18-15-54-12-9-51-6-3-46/h38-39,45-47H,2-37H2,1H3. The molecule has 0 aliphatic carbocycles. The molecule has 1 rings (SSSR count). The third-order valence-corrected chi connectivity index (χ3v) is 8.06. The molecule has 0 fully saturated rings. The number of methoxy groups -OCH3 is 1. The summed E-state index contributed by atoms with van der Waals surface area (Å²) >= 11 is 0. The number of aliphatic hydroxyl groups excluding tert-OH is 3. The van der Waals surface area contributed by atoms with Crippen LogP contribution in [0.5, 0.6) is 17.2 Å². The molecule has 1 aromatic carbocycles.